The van der Waals surface area contributed by atoms with Gasteiger partial charge in [-0.25, -0.2) is 0 Å². The largest absolute Gasteiger partial charge is 0.466 e. The zero-order valence-corrected chi connectivity index (χ0v) is 11.5. The van der Waals surface area contributed by atoms with Crippen LogP contribution >= 0.6 is 0 Å². The summed E-state index contributed by atoms with van der Waals surface area (Å²) in [6.07, 6.45) is 3.89. The van der Waals surface area contributed by atoms with E-state index in [1.54, 1.807) is 0 Å². The summed E-state index contributed by atoms with van der Waals surface area (Å²) in [7, 11) is 0. The first-order valence-corrected chi connectivity index (χ1v) is 6.57. The van der Waals surface area contributed by atoms with E-state index in [2.05, 4.69) is 19.1 Å². The van der Waals surface area contributed by atoms with Crippen molar-refractivity contribution in [1.82, 2.24) is 0 Å². The molecule has 1 atom stereocenters. The summed E-state index contributed by atoms with van der Waals surface area (Å²) in [4.78, 5) is 11.6. The molecule has 0 bridgehead atoms. The predicted octanol–water partition coefficient (Wildman–Crippen LogP) is 3.76. The van der Waals surface area contributed by atoms with Gasteiger partial charge in [0, 0.05) is 0 Å². The molecule has 1 unspecified atom stereocenters. The Morgan fingerprint density at radius 3 is 2.50 bits per heavy atom. The molecule has 0 amide bonds. The second-order valence-electron chi connectivity index (χ2n) is 4.38. The Hall–Kier alpha value is -1.57. The van der Waals surface area contributed by atoms with Crippen molar-refractivity contribution in [3.05, 3.63) is 47.5 Å². The van der Waals surface area contributed by atoms with Gasteiger partial charge in [-0.2, -0.15) is 0 Å². The highest BCUT2D eigenvalue weighted by molar-refractivity contribution is 5.74. The third-order valence-electron chi connectivity index (χ3n) is 2.87. The van der Waals surface area contributed by atoms with Crippen LogP contribution in [0.15, 0.2) is 42.0 Å². The van der Waals surface area contributed by atoms with E-state index in [9.17, 15) is 4.79 Å². The molecule has 1 aromatic rings. The number of carbonyl (C=O) groups is 1. The molecular formula is C16H22O2. The maximum absolute atomic E-state index is 11.6. The van der Waals surface area contributed by atoms with Crippen molar-refractivity contribution < 1.29 is 9.53 Å². The zero-order valence-electron chi connectivity index (χ0n) is 11.5. The van der Waals surface area contributed by atoms with Crippen molar-refractivity contribution in [2.45, 2.75) is 33.6 Å². The van der Waals surface area contributed by atoms with E-state index in [4.69, 9.17) is 4.74 Å². The molecule has 0 aliphatic heterocycles. The monoisotopic (exact) mass is 246 g/mol. The molecule has 2 heteroatoms. The fraction of sp³-hybridized carbons (Fsp3) is 0.438. The van der Waals surface area contributed by atoms with Gasteiger partial charge >= 0.3 is 5.97 Å². The molecule has 0 N–H and O–H groups in total. The lowest BCUT2D eigenvalue weighted by atomic mass is 9.99. The highest BCUT2D eigenvalue weighted by atomic mass is 16.5. The van der Waals surface area contributed by atoms with E-state index in [0.717, 1.165) is 12.8 Å². The second-order valence-corrected chi connectivity index (χ2v) is 4.38. The molecule has 2 nitrogen and oxygen atoms in total. The Kier molecular flexibility index (Phi) is 6.20. The Labute approximate surface area is 110 Å². The molecule has 0 fully saturated rings. The Morgan fingerprint density at radius 2 is 1.94 bits per heavy atom. The Balaban J connectivity index is 2.68. The Morgan fingerprint density at radius 1 is 1.28 bits per heavy atom. The zero-order chi connectivity index (χ0) is 13.4. The molecule has 0 saturated carbocycles. The topological polar surface area (TPSA) is 26.3 Å². The minimum absolute atomic E-state index is 0.142. The van der Waals surface area contributed by atoms with Gasteiger partial charge in [0.15, 0.2) is 0 Å². The highest BCUT2D eigenvalue weighted by Crippen LogP contribution is 2.14. The first-order valence-electron chi connectivity index (χ1n) is 6.57. The summed E-state index contributed by atoms with van der Waals surface area (Å²) in [5, 5.41) is 0. The third-order valence-corrected chi connectivity index (χ3v) is 2.87. The summed E-state index contributed by atoms with van der Waals surface area (Å²) in [5.41, 5.74) is 2.56. The average molecular weight is 246 g/mol. The number of esters is 1. The molecule has 98 valence electrons. The van der Waals surface area contributed by atoms with Crippen molar-refractivity contribution in [3.8, 4) is 0 Å². The second kappa shape index (κ2) is 7.70. The smallest absolute Gasteiger partial charge is 0.312 e. The van der Waals surface area contributed by atoms with Gasteiger partial charge in [0.2, 0.25) is 0 Å². The fourth-order valence-corrected chi connectivity index (χ4v) is 1.86. The molecule has 0 aliphatic rings. The normalized spacial score (nSPS) is 13.2. The molecular weight excluding hydrogens is 224 g/mol. The first-order chi connectivity index (χ1) is 8.67. The van der Waals surface area contributed by atoms with E-state index in [0.29, 0.717) is 6.61 Å². The van der Waals surface area contributed by atoms with Gasteiger partial charge in [0.1, 0.15) is 0 Å². The molecule has 0 spiro atoms. The predicted molar refractivity (Wildman–Crippen MR) is 74.3 cm³/mol. The minimum atomic E-state index is -0.163. The fourth-order valence-electron chi connectivity index (χ4n) is 1.86. The minimum Gasteiger partial charge on any atom is -0.466 e. The Bertz CT molecular complexity index is 393. The van der Waals surface area contributed by atoms with Crippen LogP contribution in [-0.2, 0) is 16.0 Å². The van der Waals surface area contributed by atoms with Crippen LogP contribution in [0.2, 0.25) is 0 Å². The molecule has 0 saturated heterocycles. The maximum atomic E-state index is 11.6. The standard InChI is InChI=1S/C16H22O2/c1-4-14(11-13(3)16(17)18-5-2)12-15-9-7-6-8-10-15/h6-11,13H,4-5,12H2,1-3H3/b14-11+. The van der Waals surface area contributed by atoms with Crippen LogP contribution in [-0.4, -0.2) is 12.6 Å². The van der Waals surface area contributed by atoms with Gasteiger partial charge < -0.3 is 4.74 Å². The molecule has 0 aliphatic carbocycles. The summed E-state index contributed by atoms with van der Waals surface area (Å²) in [5.74, 6) is -0.305. The lowest BCUT2D eigenvalue weighted by molar-refractivity contribution is -0.145. The molecule has 1 aromatic carbocycles. The summed E-state index contributed by atoms with van der Waals surface area (Å²) >= 11 is 0. The highest BCUT2D eigenvalue weighted by Gasteiger charge is 2.11. The number of rotatable bonds is 6. The van der Waals surface area contributed by atoms with E-state index < -0.39 is 0 Å². The van der Waals surface area contributed by atoms with Crippen molar-refractivity contribution in [2.75, 3.05) is 6.61 Å². The van der Waals surface area contributed by atoms with Crippen LogP contribution in [0.4, 0.5) is 0 Å². The van der Waals surface area contributed by atoms with Crippen LogP contribution in [0.1, 0.15) is 32.8 Å². The van der Waals surface area contributed by atoms with Gasteiger partial charge in [-0.15, -0.1) is 0 Å². The van der Waals surface area contributed by atoms with Crippen LogP contribution in [0.25, 0.3) is 0 Å². The van der Waals surface area contributed by atoms with Crippen LogP contribution in [0, 0.1) is 5.92 Å². The van der Waals surface area contributed by atoms with Crippen LogP contribution in [0.5, 0.6) is 0 Å². The van der Waals surface area contributed by atoms with E-state index >= 15 is 0 Å². The molecule has 0 radical (unpaired) electrons. The maximum Gasteiger partial charge on any atom is 0.312 e. The van der Waals surface area contributed by atoms with Crippen LogP contribution in [0.3, 0.4) is 0 Å². The SMILES string of the molecule is CCOC(=O)C(C)/C=C(\CC)Cc1ccccc1. The molecule has 0 heterocycles. The van der Waals surface area contributed by atoms with Gasteiger partial charge in [-0.05, 0) is 32.3 Å². The van der Waals surface area contributed by atoms with E-state index in [1.165, 1.54) is 11.1 Å². The molecule has 0 aromatic heterocycles. The quantitative estimate of drug-likeness (QED) is 0.564. The lowest BCUT2D eigenvalue weighted by Gasteiger charge is -2.10. The summed E-state index contributed by atoms with van der Waals surface area (Å²) in [6, 6.07) is 10.3. The van der Waals surface area contributed by atoms with Crippen molar-refractivity contribution in [1.29, 1.82) is 0 Å². The summed E-state index contributed by atoms with van der Waals surface area (Å²) < 4.78 is 5.02. The number of benzene rings is 1. The molecule has 18 heavy (non-hydrogen) atoms. The van der Waals surface area contributed by atoms with Crippen molar-refractivity contribution >= 4 is 5.97 Å². The summed E-state index contributed by atoms with van der Waals surface area (Å²) in [6.45, 7) is 6.28. The number of hydrogen-bond acceptors (Lipinski definition) is 2. The van der Waals surface area contributed by atoms with E-state index in [1.807, 2.05) is 38.1 Å². The van der Waals surface area contributed by atoms with Gasteiger partial charge in [-0.1, -0.05) is 48.9 Å². The van der Waals surface area contributed by atoms with Gasteiger partial charge in [0.25, 0.3) is 0 Å². The lowest BCUT2D eigenvalue weighted by Crippen LogP contribution is -2.13. The van der Waals surface area contributed by atoms with Gasteiger partial charge in [0.05, 0.1) is 12.5 Å². The van der Waals surface area contributed by atoms with Crippen molar-refractivity contribution in [3.63, 3.8) is 0 Å². The number of carbonyl (C=O) groups excluding carboxylic acids is 1. The van der Waals surface area contributed by atoms with Crippen molar-refractivity contribution in [2.24, 2.45) is 5.92 Å². The molecule has 1 rings (SSSR count). The number of ether oxygens (including phenoxy) is 1. The number of allylic oxidation sites excluding steroid dienone is 1. The average Bonchev–Trinajstić information content (AvgIpc) is 2.39. The van der Waals surface area contributed by atoms with Gasteiger partial charge in [-0.3, -0.25) is 4.79 Å². The first kappa shape index (κ1) is 14.5. The third kappa shape index (κ3) is 4.74. The van der Waals surface area contributed by atoms with E-state index in [-0.39, 0.29) is 11.9 Å². The van der Waals surface area contributed by atoms with Crippen LogP contribution < -0.4 is 0 Å². The number of hydrogen-bond donors (Lipinski definition) is 0.